The van der Waals surface area contributed by atoms with Crippen molar-refractivity contribution in [1.29, 1.82) is 5.26 Å². The Labute approximate surface area is 181 Å². The van der Waals surface area contributed by atoms with Crippen LogP contribution < -0.4 is 0 Å². The molecule has 1 amide bonds. The molecule has 0 bridgehead atoms. The Morgan fingerprint density at radius 2 is 1.77 bits per heavy atom. The molecule has 6 nitrogen and oxygen atoms in total. The van der Waals surface area contributed by atoms with E-state index in [1.807, 2.05) is 6.07 Å². The number of carbonyl (C=O) groups excluding carboxylic acids is 1. The van der Waals surface area contributed by atoms with Gasteiger partial charge in [0.15, 0.2) is 5.88 Å². The summed E-state index contributed by atoms with van der Waals surface area (Å²) in [5, 5.41) is 20.3. The van der Waals surface area contributed by atoms with Crippen molar-refractivity contribution in [3.05, 3.63) is 79.1 Å². The number of aromatic nitrogens is 1. The number of aromatic amines is 1. The van der Waals surface area contributed by atoms with E-state index in [0.29, 0.717) is 39.2 Å². The summed E-state index contributed by atoms with van der Waals surface area (Å²) < 4.78 is 0. The molecule has 0 saturated heterocycles. The average molecular weight is 435 g/mol. The number of nitriles is 1. The number of aromatic hydroxyl groups is 1. The van der Waals surface area contributed by atoms with Crippen molar-refractivity contribution in [3.63, 3.8) is 0 Å². The maximum Gasteiger partial charge on any atom is 0.280 e. The number of hydrogen-bond donors (Lipinski definition) is 2. The lowest BCUT2D eigenvalue weighted by atomic mass is 9.97. The molecule has 1 aliphatic rings. The first-order valence-corrected chi connectivity index (χ1v) is 9.49. The van der Waals surface area contributed by atoms with Gasteiger partial charge in [-0.05, 0) is 43.2 Å². The number of carbonyl (C=O) groups is 1. The van der Waals surface area contributed by atoms with E-state index in [4.69, 9.17) is 29.8 Å². The van der Waals surface area contributed by atoms with Crippen LogP contribution in [0.5, 0.6) is 5.88 Å². The standard InChI is InChI=1S/C22H12Cl2N4O2/c1-9-4-11(6-14(23)13(9)8-25)19-16-17(22(30)27-19)20(28-21(16)29)12-5-10(2)18(26-3)15(24)7-12/h4-7,27,30H,1-2H3. The van der Waals surface area contributed by atoms with E-state index in [-0.39, 0.29) is 32.8 Å². The number of fused-ring (bicyclic) bond motifs is 1. The number of nitrogens with zero attached hydrogens (tertiary/aromatic N) is 3. The lowest BCUT2D eigenvalue weighted by Gasteiger charge is -2.06. The Morgan fingerprint density at radius 3 is 2.37 bits per heavy atom. The number of halogens is 2. The van der Waals surface area contributed by atoms with Crippen LogP contribution in [0.1, 0.15) is 38.2 Å². The molecular formula is C22H12Cl2N4O2. The molecule has 0 atom stereocenters. The second-order valence-electron chi connectivity index (χ2n) is 6.86. The fraction of sp³-hybridized carbons (Fsp3) is 0.0909. The third kappa shape index (κ3) is 2.86. The van der Waals surface area contributed by atoms with Crippen LogP contribution in [0.3, 0.4) is 0 Å². The first kappa shape index (κ1) is 19.7. The number of hydrogen-bond acceptors (Lipinski definition) is 3. The topological polar surface area (TPSA) is 93.6 Å². The van der Waals surface area contributed by atoms with Crippen molar-refractivity contribution in [2.75, 3.05) is 0 Å². The van der Waals surface area contributed by atoms with E-state index >= 15 is 0 Å². The zero-order chi connectivity index (χ0) is 21.7. The van der Waals surface area contributed by atoms with Crippen LogP contribution in [-0.4, -0.2) is 21.7 Å². The van der Waals surface area contributed by atoms with Crippen molar-refractivity contribution in [2.45, 2.75) is 13.8 Å². The molecule has 1 aromatic heterocycles. The van der Waals surface area contributed by atoms with Crippen LogP contribution in [0.4, 0.5) is 5.69 Å². The molecule has 2 aromatic carbocycles. The summed E-state index contributed by atoms with van der Waals surface area (Å²) in [6, 6.07) is 8.58. The molecule has 2 heterocycles. The van der Waals surface area contributed by atoms with Gasteiger partial charge in [0.2, 0.25) is 5.69 Å². The number of benzene rings is 2. The summed E-state index contributed by atoms with van der Waals surface area (Å²) in [7, 11) is 0. The monoisotopic (exact) mass is 434 g/mol. The Kier molecular flexibility index (Phi) is 4.63. The Balaban J connectivity index is 1.90. The SMILES string of the molecule is [C-]#[N+]c1c(C)cc(C2=NC(=O)c3c(-c4cc(C)c(C#N)c(Cl)c4)[nH]c(O)c32)cc1Cl. The molecule has 8 heteroatoms. The molecule has 3 aromatic rings. The molecule has 0 fully saturated rings. The highest BCUT2D eigenvalue weighted by Crippen LogP contribution is 2.40. The Hall–Kier alpha value is -3.58. The highest BCUT2D eigenvalue weighted by molar-refractivity contribution is 6.35. The van der Waals surface area contributed by atoms with E-state index in [1.54, 1.807) is 38.1 Å². The van der Waals surface area contributed by atoms with Gasteiger partial charge in [0.1, 0.15) is 6.07 Å². The van der Waals surface area contributed by atoms with E-state index in [9.17, 15) is 15.2 Å². The van der Waals surface area contributed by atoms with Crippen molar-refractivity contribution in [3.8, 4) is 23.2 Å². The average Bonchev–Trinajstić information content (AvgIpc) is 3.20. The number of aliphatic imine (C=N–C) groups is 1. The van der Waals surface area contributed by atoms with E-state index < -0.39 is 5.91 Å². The quantitative estimate of drug-likeness (QED) is 0.504. The first-order chi connectivity index (χ1) is 14.3. The van der Waals surface area contributed by atoms with Crippen molar-refractivity contribution >= 4 is 40.5 Å². The molecule has 0 aliphatic carbocycles. The second kappa shape index (κ2) is 7.03. The molecule has 146 valence electrons. The lowest BCUT2D eigenvalue weighted by Crippen LogP contribution is -2.00. The van der Waals surface area contributed by atoms with Gasteiger partial charge in [-0.2, -0.15) is 5.26 Å². The van der Waals surface area contributed by atoms with Gasteiger partial charge in [-0.1, -0.05) is 29.3 Å². The number of rotatable bonds is 2. The number of H-pyrrole nitrogens is 1. The normalized spacial score (nSPS) is 12.3. The predicted molar refractivity (Wildman–Crippen MR) is 115 cm³/mol. The first-order valence-electron chi connectivity index (χ1n) is 8.73. The Bertz CT molecular complexity index is 1340. The molecule has 1 aliphatic heterocycles. The van der Waals surface area contributed by atoms with Crippen LogP contribution in [0.2, 0.25) is 10.0 Å². The minimum atomic E-state index is -0.521. The van der Waals surface area contributed by atoms with Crippen LogP contribution in [0, 0.1) is 31.8 Å². The zero-order valence-electron chi connectivity index (χ0n) is 15.8. The van der Waals surface area contributed by atoms with Gasteiger partial charge in [0, 0.05) is 16.1 Å². The summed E-state index contributed by atoms with van der Waals surface area (Å²) in [4.78, 5) is 23.1. The minimum absolute atomic E-state index is 0.214. The maximum atomic E-state index is 12.8. The summed E-state index contributed by atoms with van der Waals surface area (Å²) in [5.74, 6) is -0.738. The molecule has 30 heavy (non-hydrogen) atoms. The van der Waals surface area contributed by atoms with Crippen LogP contribution in [-0.2, 0) is 0 Å². The highest BCUT2D eigenvalue weighted by Gasteiger charge is 2.34. The largest absolute Gasteiger partial charge is 0.494 e. The van der Waals surface area contributed by atoms with Gasteiger partial charge in [-0.3, -0.25) is 4.79 Å². The lowest BCUT2D eigenvalue weighted by molar-refractivity contribution is 0.101. The fourth-order valence-corrected chi connectivity index (χ4v) is 4.23. The van der Waals surface area contributed by atoms with Gasteiger partial charge < -0.3 is 10.1 Å². The molecular weight excluding hydrogens is 423 g/mol. The van der Waals surface area contributed by atoms with Crippen molar-refractivity contribution < 1.29 is 9.90 Å². The van der Waals surface area contributed by atoms with Crippen molar-refractivity contribution in [2.24, 2.45) is 4.99 Å². The van der Waals surface area contributed by atoms with Crippen molar-refractivity contribution in [1.82, 2.24) is 4.98 Å². The van der Waals surface area contributed by atoms with E-state index in [2.05, 4.69) is 14.8 Å². The molecule has 2 N–H and O–H groups in total. The molecule has 0 spiro atoms. The smallest absolute Gasteiger partial charge is 0.280 e. The zero-order valence-corrected chi connectivity index (χ0v) is 17.3. The van der Waals surface area contributed by atoms with Gasteiger partial charge in [-0.25, -0.2) is 9.84 Å². The number of aryl methyl sites for hydroxylation is 2. The summed E-state index contributed by atoms with van der Waals surface area (Å²) >= 11 is 12.4. The predicted octanol–water partition coefficient (Wildman–Crippen LogP) is 5.72. The second-order valence-corrected chi connectivity index (χ2v) is 7.68. The summed E-state index contributed by atoms with van der Waals surface area (Å²) in [6.45, 7) is 10.7. The Morgan fingerprint density at radius 1 is 1.10 bits per heavy atom. The van der Waals surface area contributed by atoms with Crippen LogP contribution >= 0.6 is 23.2 Å². The molecule has 4 rings (SSSR count). The number of amides is 1. The van der Waals surface area contributed by atoms with E-state index in [1.165, 1.54) is 0 Å². The van der Waals surface area contributed by atoms with Gasteiger partial charge in [-0.15, -0.1) is 0 Å². The third-order valence-corrected chi connectivity index (χ3v) is 5.56. The fourth-order valence-electron chi connectivity index (χ4n) is 3.61. The third-order valence-electron chi connectivity index (χ3n) is 4.97. The molecule has 0 saturated carbocycles. The van der Waals surface area contributed by atoms with Gasteiger partial charge >= 0.3 is 0 Å². The van der Waals surface area contributed by atoms with Gasteiger partial charge in [0.25, 0.3) is 5.91 Å². The summed E-state index contributed by atoms with van der Waals surface area (Å²) in [6.07, 6.45) is 0. The van der Waals surface area contributed by atoms with Gasteiger partial charge in [0.05, 0.1) is 39.7 Å². The minimum Gasteiger partial charge on any atom is -0.494 e. The highest BCUT2D eigenvalue weighted by atomic mass is 35.5. The molecule has 0 unspecified atom stereocenters. The van der Waals surface area contributed by atoms with Crippen LogP contribution in [0.25, 0.3) is 16.1 Å². The number of nitrogens with one attached hydrogen (secondary N) is 1. The summed E-state index contributed by atoms with van der Waals surface area (Å²) in [5.41, 5.74) is 4.14. The molecule has 0 radical (unpaired) electrons. The van der Waals surface area contributed by atoms with Crippen LogP contribution in [0.15, 0.2) is 29.3 Å². The maximum absolute atomic E-state index is 12.8. The van der Waals surface area contributed by atoms with E-state index in [0.717, 1.165) is 0 Å².